The van der Waals surface area contributed by atoms with E-state index in [1.807, 2.05) is 6.92 Å². The molecule has 0 aliphatic rings. The standard InChI is InChI=1S/C13H22N4O3S/c1-5-15-11(18)9-8-21-10(16-9)6-7-17(14)12(19)20-13(2,3)4/h8H,5-7,14H2,1-4H3,(H,15,18). The number of rotatable bonds is 5. The highest BCUT2D eigenvalue weighted by molar-refractivity contribution is 7.09. The van der Waals surface area contributed by atoms with Crippen molar-refractivity contribution in [2.75, 3.05) is 13.1 Å². The average Bonchev–Trinajstić information content (AvgIpc) is 2.83. The first-order valence-corrected chi connectivity index (χ1v) is 7.58. The number of carbonyl (C=O) groups excluding carboxylic acids is 2. The minimum atomic E-state index is -0.582. The monoisotopic (exact) mass is 314 g/mol. The maximum atomic E-state index is 11.7. The summed E-state index contributed by atoms with van der Waals surface area (Å²) in [5.41, 5.74) is -0.195. The summed E-state index contributed by atoms with van der Waals surface area (Å²) in [6.45, 7) is 8.01. The fourth-order valence-corrected chi connectivity index (χ4v) is 2.18. The van der Waals surface area contributed by atoms with Crippen molar-refractivity contribution in [3.8, 4) is 0 Å². The van der Waals surface area contributed by atoms with Gasteiger partial charge in [0, 0.05) is 24.9 Å². The summed E-state index contributed by atoms with van der Waals surface area (Å²) in [5, 5.41) is 6.13. The molecule has 0 atom stereocenters. The number of hydrogen-bond donors (Lipinski definition) is 2. The Bertz CT molecular complexity index is 496. The highest BCUT2D eigenvalue weighted by Gasteiger charge is 2.20. The second-order valence-corrected chi connectivity index (χ2v) is 6.35. The van der Waals surface area contributed by atoms with Gasteiger partial charge in [-0.15, -0.1) is 11.3 Å². The Morgan fingerprint density at radius 3 is 2.71 bits per heavy atom. The predicted octanol–water partition coefficient (Wildman–Crippen LogP) is 1.55. The summed E-state index contributed by atoms with van der Waals surface area (Å²) in [4.78, 5) is 27.5. The van der Waals surface area contributed by atoms with Gasteiger partial charge < -0.3 is 10.1 Å². The number of nitrogens with two attached hydrogens (primary N) is 1. The molecule has 0 fully saturated rings. The van der Waals surface area contributed by atoms with Crippen molar-refractivity contribution < 1.29 is 14.3 Å². The molecule has 3 N–H and O–H groups in total. The Hall–Kier alpha value is -1.67. The number of hydrogen-bond acceptors (Lipinski definition) is 6. The summed E-state index contributed by atoms with van der Waals surface area (Å²) in [5.74, 6) is 5.45. The molecule has 0 saturated heterocycles. The van der Waals surface area contributed by atoms with E-state index in [9.17, 15) is 9.59 Å². The number of ether oxygens (including phenoxy) is 1. The number of aromatic nitrogens is 1. The lowest BCUT2D eigenvalue weighted by Crippen LogP contribution is -2.42. The van der Waals surface area contributed by atoms with E-state index in [2.05, 4.69) is 10.3 Å². The summed E-state index contributed by atoms with van der Waals surface area (Å²) in [7, 11) is 0. The van der Waals surface area contributed by atoms with Crippen LogP contribution in [0.3, 0.4) is 0 Å². The Morgan fingerprint density at radius 1 is 1.48 bits per heavy atom. The van der Waals surface area contributed by atoms with E-state index in [4.69, 9.17) is 10.6 Å². The molecule has 0 radical (unpaired) electrons. The van der Waals surface area contributed by atoms with E-state index in [0.717, 1.165) is 10.0 Å². The molecule has 0 bridgehead atoms. The van der Waals surface area contributed by atoms with E-state index >= 15 is 0 Å². The zero-order valence-corrected chi connectivity index (χ0v) is 13.6. The van der Waals surface area contributed by atoms with Gasteiger partial charge >= 0.3 is 6.09 Å². The van der Waals surface area contributed by atoms with Gasteiger partial charge in [0.25, 0.3) is 5.91 Å². The fourth-order valence-electron chi connectivity index (χ4n) is 1.41. The van der Waals surface area contributed by atoms with Gasteiger partial charge in [-0.25, -0.2) is 20.6 Å². The highest BCUT2D eigenvalue weighted by atomic mass is 32.1. The number of thiazole rings is 1. The molecule has 1 rings (SSSR count). The fraction of sp³-hybridized carbons (Fsp3) is 0.615. The van der Waals surface area contributed by atoms with Crippen molar-refractivity contribution in [3.05, 3.63) is 16.1 Å². The molecular formula is C13H22N4O3S. The van der Waals surface area contributed by atoms with Crippen LogP contribution in [-0.4, -0.2) is 40.7 Å². The van der Waals surface area contributed by atoms with Crippen molar-refractivity contribution in [1.29, 1.82) is 0 Å². The van der Waals surface area contributed by atoms with Gasteiger partial charge in [-0.05, 0) is 27.7 Å². The molecule has 0 aliphatic carbocycles. The second kappa shape index (κ2) is 7.37. The van der Waals surface area contributed by atoms with Crippen LogP contribution in [-0.2, 0) is 11.2 Å². The van der Waals surface area contributed by atoms with Gasteiger partial charge in [-0.1, -0.05) is 0 Å². The van der Waals surface area contributed by atoms with Gasteiger partial charge in [0.1, 0.15) is 11.3 Å². The third-order valence-electron chi connectivity index (χ3n) is 2.32. The number of nitrogens with zero attached hydrogens (tertiary/aromatic N) is 2. The highest BCUT2D eigenvalue weighted by Crippen LogP contribution is 2.12. The van der Waals surface area contributed by atoms with Gasteiger partial charge in [0.2, 0.25) is 0 Å². The van der Waals surface area contributed by atoms with Gasteiger partial charge in [0.05, 0.1) is 5.01 Å². The maximum absolute atomic E-state index is 11.7. The first-order chi connectivity index (χ1) is 9.73. The van der Waals surface area contributed by atoms with Crippen LogP contribution in [0, 0.1) is 0 Å². The number of amides is 2. The van der Waals surface area contributed by atoms with E-state index < -0.39 is 11.7 Å². The third kappa shape index (κ3) is 6.09. The molecule has 0 aromatic carbocycles. The average molecular weight is 314 g/mol. The summed E-state index contributed by atoms with van der Waals surface area (Å²) in [6, 6.07) is 0. The Kier molecular flexibility index (Phi) is 6.10. The molecule has 0 aliphatic heterocycles. The van der Waals surface area contributed by atoms with E-state index in [1.165, 1.54) is 11.3 Å². The van der Waals surface area contributed by atoms with E-state index in [-0.39, 0.29) is 12.5 Å². The van der Waals surface area contributed by atoms with Crippen LogP contribution in [0.4, 0.5) is 4.79 Å². The molecule has 0 unspecified atom stereocenters. The first kappa shape index (κ1) is 17.4. The molecule has 1 heterocycles. The number of carbonyl (C=O) groups is 2. The van der Waals surface area contributed by atoms with Crippen LogP contribution in [0.15, 0.2) is 5.38 Å². The Labute approximate surface area is 128 Å². The molecule has 0 spiro atoms. The SMILES string of the molecule is CCNC(=O)c1csc(CCN(N)C(=O)OC(C)(C)C)n1. The van der Waals surface area contributed by atoms with Crippen molar-refractivity contribution in [3.63, 3.8) is 0 Å². The second-order valence-electron chi connectivity index (χ2n) is 5.41. The minimum Gasteiger partial charge on any atom is -0.443 e. The molecule has 21 heavy (non-hydrogen) atoms. The van der Waals surface area contributed by atoms with E-state index in [0.29, 0.717) is 18.7 Å². The van der Waals surface area contributed by atoms with Crippen molar-refractivity contribution in [2.24, 2.45) is 5.84 Å². The lowest BCUT2D eigenvalue weighted by atomic mass is 10.2. The minimum absolute atomic E-state index is 0.197. The Morgan fingerprint density at radius 2 is 2.14 bits per heavy atom. The lowest BCUT2D eigenvalue weighted by molar-refractivity contribution is 0.0250. The zero-order valence-electron chi connectivity index (χ0n) is 12.8. The van der Waals surface area contributed by atoms with Crippen molar-refractivity contribution in [2.45, 2.75) is 39.7 Å². The van der Waals surface area contributed by atoms with E-state index in [1.54, 1.807) is 26.2 Å². The summed E-state index contributed by atoms with van der Waals surface area (Å²) in [6.07, 6.45) is -0.109. The normalized spacial score (nSPS) is 11.1. The number of hydrazine groups is 1. The predicted molar refractivity (Wildman–Crippen MR) is 81.0 cm³/mol. The molecule has 118 valence electrons. The zero-order chi connectivity index (χ0) is 16.0. The molecular weight excluding hydrogens is 292 g/mol. The van der Waals surface area contributed by atoms with Gasteiger partial charge in [0.15, 0.2) is 0 Å². The van der Waals surface area contributed by atoms with Gasteiger partial charge in [-0.2, -0.15) is 0 Å². The van der Waals surface area contributed by atoms with Crippen molar-refractivity contribution >= 4 is 23.3 Å². The largest absolute Gasteiger partial charge is 0.443 e. The lowest BCUT2D eigenvalue weighted by Gasteiger charge is -2.23. The van der Waals surface area contributed by atoms with Crippen LogP contribution in [0.5, 0.6) is 0 Å². The quantitative estimate of drug-likeness (QED) is 0.488. The molecule has 1 aromatic rings. The maximum Gasteiger partial charge on any atom is 0.424 e. The van der Waals surface area contributed by atoms with Crippen LogP contribution in [0.1, 0.15) is 43.2 Å². The van der Waals surface area contributed by atoms with Crippen LogP contribution in [0.2, 0.25) is 0 Å². The molecule has 1 aromatic heterocycles. The first-order valence-electron chi connectivity index (χ1n) is 6.70. The van der Waals surface area contributed by atoms with Crippen LogP contribution >= 0.6 is 11.3 Å². The smallest absolute Gasteiger partial charge is 0.424 e. The molecule has 8 heteroatoms. The Balaban J connectivity index is 2.48. The molecule has 0 saturated carbocycles. The molecule has 7 nitrogen and oxygen atoms in total. The summed E-state index contributed by atoms with van der Waals surface area (Å²) >= 11 is 1.36. The van der Waals surface area contributed by atoms with Crippen LogP contribution < -0.4 is 11.2 Å². The van der Waals surface area contributed by atoms with Crippen molar-refractivity contribution in [1.82, 2.24) is 15.3 Å². The topological polar surface area (TPSA) is 97.6 Å². The molecule has 2 amide bonds. The summed E-state index contributed by atoms with van der Waals surface area (Å²) < 4.78 is 5.14. The third-order valence-corrected chi connectivity index (χ3v) is 3.22. The number of nitrogens with one attached hydrogen (secondary N) is 1. The van der Waals surface area contributed by atoms with Gasteiger partial charge in [-0.3, -0.25) is 4.79 Å². The van der Waals surface area contributed by atoms with Crippen LogP contribution in [0.25, 0.3) is 0 Å².